The first-order chi connectivity index (χ1) is 17.1. The average Bonchev–Trinajstić information content (AvgIpc) is 2.85. The van der Waals surface area contributed by atoms with Gasteiger partial charge in [0, 0.05) is 43.1 Å². The van der Waals surface area contributed by atoms with E-state index in [1.54, 1.807) is 36.4 Å². The third kappa shape index (κ3) is 8.47. The topological polar surface area (TPSA) is 86.8 Å². The molecule has 0 aliphatic rings. The van der Waals surface area contributed by atoms with Crippen LogP contribution in [0.4, 0.5) is 0 Å². The zero-order chi connectivity index (χ0) is 26.7. The summed E-state index contributed by atoms with van der Waals surface area (Å²) in [5, 5.41) is 3.81. The minimum atomic E-state index is -3.65. The Balaban J connectivity index is 2.15. The van der Waals surface area contributed by atoms with Crippen molar-refractivity contribution < 1.29 is 18.0 Å². The van der Waals surface area contributed by atoms with Gasteiger partial charge in [-0.3, -0.25) is 9.59 Å². The Kier molecular flexibility index (Phi) is 12.2. The van der Waals surface area contributed by atoms with E-state index in [2.05, 4.69) is 5.32 Å². The maximum absolute atomic E-state index is 13.4. The van der Waals surface area contributed by atoms with Gasteiger partial charge in [-0.05, 0) is 49.1 Å². The van der Waals surface area contributed by atoms with Crippen LogP contribution in [0.3, 0.4) is 0 Å². The lowest BCUT2D eigenvalue weighted by Gasteiger charge is -2.31. The van der Waals surface area contributed by atoms with Crippen molar-refractivity contribution in [1.82, 2.24) is 14.5 Å². The molecule has 2 amide bonds. The highest BCUT2D eigenvalue weighted by atomic mass is 35.5. The molecule has 0 radical (unpaired) electrons. The summed E-state index contributed by atoms with van der Waals surface area (Å²) in [6.45, 7) is 4.74. The van der Waals surface area contributed by atoms with Crippen molar-refractivity contribution in [3.8, 4) is 0 Å². The SMILES string of the molecule is CCCCNC(=O)C(CC)N(Cc1ccc(Cl)cc1Cl)C(=O)CCCN(C)S(=O)(=O)c1ccccc1. The van der Waals surface area contributed by atoms with E-state index in [0.717, 1.165) is 12.8 Å². The quantitative estimate of drug-likeness (QED) is 0.328. The van der Waals surface area contributed by atoms with Gasteiger partial charge < -0.3 is 10.2 Å². The van der Waals surface area contributed by atoms with Crippen LogP contribution in [0, 0.1) is 0 Å². The maximum atomic E-state index is 13.4. The molecule has 0 fully saturated rings. The van der Waals surface area contributed by atoms with E-state index in [1.807, 2.05) is 13.8 Å². The van der Waals surface area contributed by atoms with E-state index < -0.39 is 16.1 Å². The van der Waals surface area contributed by atoms with E-state index >= 15 is 0 Å². The standard InChI is InChI=1S/C26H35Cl2N3O4S/c1-4-6-16-29-26(33)24(5-2)31(19-20-14-15-21(27)18-23(20)28)25(32)13-10-17-30(3)36(34,35)22-11-8-7-9-12-22/h7-9,11-12,14-15,18,24H,4-6,10,13,16-17,19H2,1-3H3,(H,29,33). The Morgan fingerprint density at radius 2 is 1.72 bits per heavy atom. The van der Waals surface area contributed by atoms with E-state index in [4.69, 9.17) is 23.2 Å². The Morgan fingerprint density at radius 3 is 2.33 bits per heavy atom. The molecule has 0 bridgehead atoms. The molecule has 2 rings (SSSR count). The van der Waals surface area contributed by atoms with Crippen LogP contribution >= 0.6 is 23.2 Å². The summed E-state index contributed by atoms with van der Waals surface area (Å²) >= 11 is 12.4. The highest BCUT2D eigenvalue weighted by molar-refractivity contribution is 7.89. The monoisotopic (exact) mass is 555 g/mol. The predicted octanol–water partition coefficient (Wildman–Crippen LogP) is 5.12. The molecular weight excluding hydrogens is 521 g/mol. The Hall–Kier alpha value is -2.13. The fraction of sp³-hybridized carbons (Fsp3) is 0.462. The summed E-state index contributed by atoms with van der Waals surface area (Å²) in [6.07, 6.45) is 2.61. The van der Waals surface area contributed by atoms with E-state index in [9.17, 15) is 18.0 Å². The Morgan fingerprint density at radius 1 is 1.03 bits per heavy atom. The zero-order valence-electron chi connectivity index (χ0n) is 21.0. The lowest BCUT2D eigenvalue weighted by molar-refractivity contribution is -0.141. The predicted molar refractivity (Wildman–Crippen MR) is 145 cm³/mol. The molecule has 0 aromatic heterocycles. The number of hydrogen-bond donors (Lipinski definition) is 1. The number of carbonyl (C=O) groups excluding carboxylic acids is 2. The van der Waals surface area contributed by atoms with Crippen LogP contribution < -0.4 is 5.32 Å². The molecule has 7 nitrogen and oxygen atoms in total. The second-order valence-corrected chi connectivity index (χ2v) is 11.5. The molecule has 2 aromatic carbocycles. The lowest BCUT2D eigenvalue weighted by atomic mass is 10.1. The molecule has 0 saturated carbocycles. The molecule has 2 aromatic rings. The van der Waals surface area contributed by atoms with Crippen molar-refractivity contribution in [2.75, 3.05) is 20.1 Å². The van der Waals surface area contributed by atoms with Gasteiger partial charge in [-0.2, -0.15) is 0 Å². The van der Waals surface area contributed by atoms with E-state index in [1.165, 1.54) is 28.4 Å². The second-order valence-electron chi connectivity index (χ2n) is 8.57. The molecule has 1 atom stereocenters. The highest BCUT2D eigenvalue weighted by Gasteiger charge is 2.29. The van der Waals surface area contributed by atoms with Crippen LogP contribution in [0.25, 0.3) is 0 Å². The molecular formula is C26H35Cl2N3O4S. The number of hydrogen-bond acceptors (Lipinski definition) is 4. The summed E-state index contributed by atoms with van der Waals surface area (Å²) < 4.78 is 26.8. The van der Waals surface area contributed by atoms with Gasteiger partial charge in [0.1, 0.15) is 6.04 Å². The van der Waals surface area contributed by atoms with Gasteiger partial charge in [-0.25, -0.2) is 12.7 Å². The normalized spacial score (nSPS) is 12.4. The molecule has 36 heavy (non-hydrogen) atoms. The first kappa shape index (κ1) is 30.1. The summed E-state index contributed by atoms with van der Waals surface area (Å²) in [5.41, 5.74) is 0.679. The molecule has 1 unspecified atom stereocenters. The summed E-state index contributed by atoms with van der Waals surface area (Å²) in [5.74, 6) is -0.461. The zero-order valence-corrected chi connectivity index (χ0v) is 23.4. The summed E-state index contributed by atoms with van der Waals surface area (Å²) in [4.78, 5) is 28.0. The van der Waals surface area contributed by atoms with Crippen LogP contribution in [-0.4, -0.2) is 55.6 Å². The minimum Gasteiger partial charge on any atom is -0.354 e. The number of amides is 2. The summed E-state index contributed by atoms with van der Waals surface area (Å²) in [6, 6.07) is 12.5. The van der Waals surface area contributed by atoms with Gasteiger partial charge in [-0.1, -0.05) is 67.7 Å². The molecule has 10 heteroatoms. The Labute approximate surface area is 224 Å². The number of nitrogens with zero attached hydrogens (tertiary/aromatic N) is 2. The molecule has 0 saturated heterocycles. The van der Waals surface area contributed by atoms with Crippen LogP contribution in [0.2, 0.25) is 10.0 Å². The van der Waals surface area contributed by atoms with Gasteiger partial charge in [0.05, 0.1) is 4.90 Å². The third-order valence-corrected chi connectivity index (χ3v) is 8.34. The van der Waals surface area contributed by atoms with E-state index in [0.29, 0.717) is 35.0 Å². The number of halogens is 2. The van der Waals surface area contributed by atoms with Crippen molar-refractivity contribution in [3.63, 3.8) is 0 Å². The van der Waals surface area contributed by atoms with Crippen LogP contribution in [0.15, 0.2) is 53.4 Å². The fourth-order valence-electron chi connectivity index (χ4n) is 3.75. The van der Waals surface area contributed by atoms with Crippen molar-refractivity contribution in [2.24, 2.45) is 0 Å². The van der Waals surface area contributed by atoms with E-state index in [-0.39, 0.29) is 36.2 Å². The van der Waals surface area contributed by atoms with Gasteiger partial charge in [0.15, 0.2) is 0 Å². The van der Waals surface area contributed by atoms with Gasteiger partial charge in [0.2, 0.25) is 21.8 Å². The molecule has 1 N–H and O–H groups in total. The van der Waals surface area contributed by atoms with Crippen LogP contribution in [0.1, 0.15) is 51.5 Å². The average molecular weight is 557 g/mol. The van der Waals surface area contributed by atoms with Crippen LogP contribution in [-0.2, 0) is 26.2 Å². The number of sulfonamides is 1. The Bertz CT molecular complexity index is 1110. The highest BCUT2D eigenvalue weighted by Crippen LogP contribution is 2.24. The molecule has 0 aliphatic carbocycles. The number of carbonyl (C=O) groups is 2. The molecule has 198 valence electrons. The fourth-order valence-corrected chi connectivity index (χ4v) is 5.45. The molecule has 0 heterocycles. The number of rotatable bonds is 14. The summed E-state index contributed by atoms with van der Waals surface area (Å²) in [7, 11) is -2.15. The first-order valence-electron chi connectivity index (χ1n) is 12.1. The smallest absolute Gasteiger partial charge is 0.242 e. The van der Waals surface area contributed by atoms with Crippen molar-refractivity contribution in [2.45, 2.75) is 63.4 Å². The van der Waals surface area contributed by atoms with Gasteiger partial charge in [0.25, 0.3) is 0 Å². The second kappa shape index (κ2) is 14.6. The molecule has 0 aliphatic heterocycles. The maximum Gasteiger partial charge on any atom is 0.242 e. The van der Waals surface area contributed by atoms with Gasteiger partial charge >= 0.3 is 0 Å². The minimum absolute atomic E-state index is 0.0819. The third-order valence-electron chi connectivity index (χ3n) is 5.89. The first-order valence-corrected chi connectivity index (χ1v) is 14.3. The van der Waals surface area contributed by atoms with Crippen LogP contribution in [0.5, 0.6) is 0 Å². The number of benzene rings is 2. The van der Waals surface area contributed by atoms with Crippen molar-refractivity contribution in [3.05, 3.63) is 64.1 Å². The lowest BCUT2D eigenvalue weighted by Crippen LogP contribution is -2.49. The largest absolute Gasteiger partial charge is 0.354 e. The van der Waals surface area contributed by atoms with Crippen molar-refractivity contribution >= 4 is 45.0 Å². The molecule has 0 spiro atoms. The van der Waals surface area contributed by atoms with Gasteiger partial charge in [-0.15, -0.1) is 0 Å². The van der Waals surface area contributed by atoms with Crippen molar-refractivity contribution in [1.29, 1.82) is 0 Å². The number of unbranched alkanes of at least 4 members (excludes halogenated alkanes) is 1. The number of nitrogens with one attached hydrogen (secondary N) is 1.